The molecule has 2 aliphatic rings. The van der Waals surface area contributed by atoms with Crippen LogP contribution in [0.5, 0.6) is 0 Å². The Labute approximate surface area is 159 Å². The maximum atomic E-state index is 12.9. The molecule has 0 aliphatic carbocycles. The fourth-order valence-corrected chi connectivity index (χ4v) is 3.83. The molecule has 1 atom stereocenters. The van der Waals surface area contributed by atoms with Crippen LogP contribution < -0.4 is 4.90 Å². The third-order valence-electron chi connectivity index (χ3n) is 5.41. The predicted octanol–water partition coefficient (Wildman–Crippen LogP) is 1.91. The summed E-state index contributed by atoms with van der Waals surface area (Å²) < 4.78 is 5.99. The number of hydrogen-bond donors (Lipinski definition) is 0. The number of piperidine rings is 1. The molecule has 0 radical (unpaired) electrons. The number of nitrogens with zero attached hydrogens (tertiary/aromatic N) is 5. The minimum atomic E-state index is 0.108. The molecule has 0 bridgehead atoms. The largest absolute Gasteiger partial charge is 0.372 e. The van der Waals surface area contributed by atoms with Gasteiger partial charge in [-0.25, -0.2) is 4.98 Å². The van der Waals surface area contributed by atoms with E-state index in [-0.39, 0.29) is 17.9 Å². The maximum absolute atomic E-state index is 12.9. The van der Waals surface area contributed by atoms with Gasteiger partial charge < -0.3 is 14.5 Å². The van der Waals surface area contributed by atoms with E-state index in [0.29, 0.717) is 13.2 Å². The number of anilines is 1. The Morgan fingerprint density at radius 3 is 2.59 bits per heavy atom. The van der Waals surface area contributed by atoms with Gasteiger partial charge in [0.2, 0.25) is 5.91 Å². The van der Waals surface area contributed by atoms with Crippen LogP contribution in [-0.2, 0) is 16.1 Å². The highest BCUT2D eigenvalue weighted by Crippen LogP contribution is 2.25. The normalized spacial score (nSPS) is 20.8. The molecule has 27 heavy (non-hydrogen) atoms. The molecule has 0 saturated carbocycles. The van der Waals surface area contributed by atoms with Gasteiger partial charge in [-0.3, -0.25) is 14.8 Å². The lowest BCUT2D eigenvalue weighted by atomic mass is 9.95. The van der Waals surface area contributed by atoms with Gasteiger partial charge in [0, 0.05) is 56.9 Å². The lowest BCUT2D eigenvalue weighted by molar-refractivity contribution is -0.135. The lowest BCUT2D eigenvalue weighted by Crippen LogP contribution is -2.42. The summed E-state index contributed by atoms with van der Waals surface area (Å²) in [5.74, 6) is 1.29. The van der Waals surface area contributed by atoms with Crippen LogP contribution in [0.1, 0.15) is 24.8 Å². The van der Waals surface area contributed by atoms with Gasteiger partial charge >= 0.3 is 0 Å². The van der Waals surface area contributed by atoms with E-state index >= 15 is 0 Å². The minimum absolute atomic E-state index is 0.108. The zero-order valence-corrected chi connectivity index (χ0v) is 15.4. The second-order valence-electron chi connectivity index (χ2n) is 7.19. The molecule has 2 saturated heterocycles. The number of carbonyl (C=O) groups excluding carboxylic acids is 1. The molecule has 0 aromatic carbocycles. The number of pyridine rings is 1. The van der Waals surface area contributed by atoms with E-state index in [9.17, 15) is 4.79 Å². The predicted molar refractivity (Wildman–Crippen MR) is 101 cm³/mol. The first-order valence-electron chi connectivity index (χ1n) is 9.60. The summed E-state index contributed by atoms with van der Waals surface area (Å²) in [5.41, 5.74) is 1.12. The van der Waals surface area contributed by atoms with Crippen LogP contribution in [0.15, 0.2) is 43.1 Å². The van der Waals surface area contributed by atoms with Crippen molar-refractivity contribution in [3.63, 3.8) is 0 Å². The first kappa shape index (κ1) is 17.9. The highest BCUT2D eigenvalue weighted by molar-refractivity contribution is 5.79. The number of hydrogen-bond acceptors (Lipinski definition) is 6. The molecule has 2 aromatic heterocycles. The van der Waals surface area contributed by atoms with Crippen molar-refractivity contribution < 1.29 is 9.53 Å². The first-order chi connectivity index (χ1) is 13.3. The van der Waals surface area contributed by atoms with Gasteiger partial charge in [-0.15, -0.1) is 0 Å². The van der Waals surface area contributed by atoms with E-state index in [1.165, 1.54) is 0 Å². The van der Waals surface area contributed by atoms with Crippen LogP contribution in [0.4, 0.5) is 5.82 Å². The number of aromatic nitrogens is 3. The molecule has 4 heterocycles. The average molecular weight is 367 g/mol. The standard InChI is InChI=1S/C20H25N5O2/c26-20(17-3-10-24(11-4-17)19-13-22-8-9-23-19)25-12-5-18(14-25)27-15-16-1-6-21-7-2-16/h1-2,6-9,13,17-18H,3-5,10-12,14-15H2. The second kappa shape index (κ2) is 8.43. The zero-order chi connectivity index (χ0) is 18.5. The van der Waals surface area contributed by atoms with E-state index in [1.54, 1.807) is 31.0 Å². The molecule has 0 spiro atoms. The molecular formula is C20H25N5O2. The Kier molecular flexibility index (Phi) is 5.58. The monoisotopic (exact) mass is 367 g/mol. The van der Waals surface area contributed by atoms with Crippen LogP contribution in [0, 0.1) is 5.92 Å². The Morgan fingerprint density at radius 2 is 1.85 bits per heavy atom. The van der Waals surface area contributed by atoms with Gasteiger partial charge in [0.25, 0.3) is 0 Å². The van der Waals surface area contributed by atoms with Crippen LogP contribution in [0.2, 0.25) is 0 Å². The van der Waals surface area contributed by atoms with E-state index in [4.69, 9.17) is 4.74 Å². The van der Waals surface area contributed by atoms with Gasteiger partial charge in [-0.05, 0) is 37.0 Å². The molecule has 2 fully saturated rings. The van der Waals surface area contributed by atoms with Gasteiger partial charge in [-0.1, -0.05) is 0 Å². The Balaban J connectivity index is 1.23. The Morgan fingerprint density at radius 1 is 1.04 bits per heavy atom. The minimum Gasteiger partial charge on any atom is -0.372 e. The van der Waals surface area contributed by atoms with Crippen molar-refractivity contribution in [2.24, 2.45) is 5.92 Å². The van der Waals surface area contributed by atoms with Crippen LogP contribution >= 0.6 is 0 Å². The molecule has 4 rings (SSSR count). The fraction of sp³-hybridized carbons (Fsp3) is 0.500. The van der Waals surface area contributed by atoms with E-state index in [0.717, 1.165) is 50.3 Å². The van der Waals surface area contributed by atoms with E-state index in [1.807, 2.05) is 17.0 Å². The summed E-state index contributed by atoms with van der Waals surface area (Å²) in [6.07, 6.45) is 11.5. The first-order valence-corrected chi connectivity index (χ1v) is 9.60. The zero-order valence-electron chi connectivity index (χ0n) is 15.4. The molecule has 7 nitrogen and oxygen atoms in total. The summed E-state index contributed by atoms with van der Waals surface area (Å²) in [7, 11) is 0. The number of likely N-dealkylation sites (tertiary alicyclic amines) is 1. The summed E-state index contributed by atoms with van der Waals surface area (Å²) >= 11 is 0. The molecule has 2 aliphatic heterocycles. The molecule has 142 valence electrons. The third-order valence-corrected chi connectivity index (χ3v) is 5.41. The van der Waals surface area contributed by atoms with Crippen LogP contribution in [-0.4, -0.2) is 58.0 Å². The molecule has 2 aromatic rings. The SMILES string of the molecule is O=C(C1CCN(c2cnccn2)CC1)N1CCC(OCc2ccncc2)C1. The Hall–Kier alpha value is -2.54. The van der Waals surface area contributed by atoms with Gasteiger partial charge in [0.1, 0.15) is 5.82 Å². The summed E-state index contributed by atoms with van der Waals surface area (Å²) in [6, 6.07) is 3.92. The number of ether oxygens (including phenoxy) is 1. The summed E-state index contributed by atoms with van der Waals surface area (Å²) in [4.78, 5) is 29.6. The van der Waals surface area contributed by atoms with Crippen molar-refractivity contribution in [2.75, 3.05) is 31.1 Å². The number of rotatable bonds is 5. The summed E-state index contributed by atoms with van der Waals surface area (Å²) in [6.45, 7) is 3.78. The van der Waals surface area contributed by atoms with Crippen molar-refractivity contribution >= 4 is 11.7 Å². The van der Waals surface area contributed by atoms with Crippen molar-refractivity contribution in [1.29, 1.82) is 0 Å². The van der Waals surface area contributed by atoms with Crippen LogP contribution in [0.25, 0.3) is 0 Å². The van der Waals surface area contributed by atoms with Gasteiger partial charge in [0.05, 0.1) is 18.9 Å². The van der Waals surface area contributed by atoms with Crippen LogP contribution in [0.3, 0.4) is 0 Å². The topological polar surface area (TPSA) is 71.5 Å². The van der Waals surface area contributed by atoms with Crippen molar-refractivity contribution in [1.82, 2.24) is 19.9 Å². The van der Waals surface area contributed by atoms with Gasteiger partial charge in [-0.2, -0.15) is 0 Å². The number of amides is 1. The van der Waals surface area contributed by atoms with Crippen molar-refractivity contribution in [3.05, 3.63) is 48.7 Å². The summed E-state index contributed by atoms with van der Waals surface area (Å²) in [5, 5.41) is 0. The lowest BCUT2D eigenvalue weighted by Gasteiger charge is -2.33. The molecular weight excluding hydrogens is 342 g/mol. The molecule has 1 amide bonds. The van der Waals surface area contributed by atoms with E-state index in [2.05, 4.69) is 19.9 Å². The quantitative estimate of drug-likeness (QED) is 0.804. The maximum Gasteiger partial charge on any atom is 0.225 e. The van der Waals surface area contributed by atoms with Crippen molar-refractivity contribution in [3.8, 4) is 0 Å². The average Bonchev–Trinajstić information content (AvgIpc) is 3.22. The molecule has 1 unspecified atom stereocenters. The Bertz CT molecular complexity index is 735. The molecule has 0 N–H and O–H groups in total. The molecule has 7 heteroatoms. The highest BCUT2D eigenvalue weighted by Gasteiger charge is 2.33. The number of carbonyl (C=O) groups is 1. The van der Waals surface area contributed by atoms with E-state index < -0.39 is 0 Å². The van der Waals surface area contributed by atoms with Crippen molar-refractivity contribution in [2.45, 2.75) is 32.0 Å². The fourth-order valence-electron chi connectivity index (χ4n) is 3.83. The third kappa shape index (κ3) is 4.42. The highest BCUT2D eigenvalue weighted by atomic mass is 16.5. The smallest absolute Gasteiger partial charge is 0.225 e. The van der Waals surface area contributed by atoms with Gasteiger partial charge in [0.15, 0.2) is 0 Å². The second-order valence-corrected chi connectivity index (χ2v) is 7.19.